The van der Waals surface area contributed by atoms with Crippen LogP contribution in [0.3, 0.4) is 0 Å². The van der Waals surface area contributed by atoms with Gasteiger partial charge in [-0.25, -0.2) is 0 Å². The zero-order valence-corrected chi connectivity index (χ0v) is 15.7. The van der Waals surface area contributed by atoms with E-state index in [1.165, 1.54) is 18.4 Å². The molecule has 0 radical (unpaired) electrons. The van der Waals surface area contributed by atoms with Crippen LogP contribution in [0.15, 0.2) is 17.4 Å². The molecule has 1 unspecified atom stereocenters. The lowest BCUT2D eigenvalue weighted by molar-refractivity contribution is 0.115. The summed E-state index contributed by atoms with van der Waals surface area (Å²) in [4.78, 5) is 8.69. The molecule has 7 nitrogen and oxygen atoms in total. The molecule has 0 amide bonds. The Morgan fingerprint density at radius 2 is 2.21 bits per heavy atom. The van der Waals surface area contributed by atoms with E-state index in [2.05, 4.69) is 45.5 Å². The van der Waals surface area contributed by atoms with Crippen molar-refractivity contribution in [3.8, 4) is 0 Å². The standard InChI is InChI=1S/C17H32N6O/c1-18-17(22(4)8-9-24-13-14-6-7-14)19-11-16(21(2)3)15-10-20-23(5)12-15/h10,12,14,16H,6-9,11,13H2,1-5H3,(H,18,19). The predicted molar refractivity (Wildman–Crippen MR) is 97.2 cm³/mol. The second kappa shape index (κ2) is 9.03. The van der Waals surface area contributed by atoms with Crippen molar-refractivity contribution in [2.45, 2.75) is 18.9 Å². The quantitative estimate of drug-likeness (QED) is 0.413. The van der Waals surface area contributed by atoms with Crippen molar-refractivity contribution >= 4 is 5.96 Å². The van der Waals surface area contributed by atoms with Gasteiger partial charge in [0, 0.05) is 52.6 Å². The summed E-state index contributed by atoms with van der Waals surface area (Å²) in [6.07, 6.45) is 6.65. The topological polar surface area (TPSA) is 57.9 Å². The van der Waals surface area contributed by atoms with E-state index in [1.54, 1.807) is 0 Å². The van der Waals surface area contributed by atoms with E-state index in [9.17, 15) is 0 Å². The molecule has 2 rings (SSSR count). The molecule has 1 fully saturated rings. The Morgan fingerprint density at radius 1 is 1.46 bits per heavy atom. The van der Waals surface area contributed by atoms with Crippen molar-refractivity contribution in [2.75, 3.05) is 54.5 Å². The molecular weight excluding hydrogens is 304 g/mol. The van der Waals surface area contributed by atoms with Gasteiger partial charge >= 0.3 is 0 Å². The highest BCUT2D eigenvalue weighted by atomic mass is 16.5. The van der Waals surface area contributed by atoms with Gasteiger partial charge in [-0.1, -0.05) is 0 Å². The number of likely N-dealkylation sites (N-methyl/N-ethyl adjacent to an activating group) is 2. The molecule has 0 bridgehead atoms. The van der Waals surface area contributed by atoms with E-state index in [4.69, 9.17) is 4.74 Å². The Labute approximate surface area is 145 Å². The van der Waals surface area contributed by atoms with E-state index in [-0.39, 0.29) is 6.04 Å². The number of hydrogen-bond donors (Lipinski definition) is 1. The van der Waals surface area contributed by atoms with E-state index < -0.39 is 0 Å². The smallest absolute Gasteiger partial charge is 0.193 e. The summed E-state index contributed by atoms with van der Waals surface area (Å²) < 4.78 is 7.55. The molecule has 0 aromatic carbocycles. The number of nitrogens with one attached hydrogen (secondary N) is 1. The number of nitrogens with zero attached hydrogens (tertiary/aromatic N) is 5. The first-order valence-corrected chi connectivity index (χ1v) is 8.65. The average molecular weight is 336 g/mol. The van der Waals surface area contributed by atoms with Gasteiger partial charge in [0.05, 0.1) is 18.8 Å². The van der Waals surface area contributed by atoms with Gasteiger partial charge in [0.15, 0.2) is 5.96 Å². The molecule has 0 spiro atoms. The summed E-state index contributed by atoms with van der Waals surface area (Å²) in [6, 6.07) is 0.245. The van der Waals surface area contributed by atoms with Crippen molar-refractivity contribution < 1.29 is 4.74 Å². The van der Waals surface area contributed by atoms with Gasteiger partial charge in [-0.15, -0.1) is 0 Å². The highest BCUT2D eigenvalue weighted by Crippen LogP contribution is 2.28. The van der Waals surface area contributed by atoms with E-state index in [0.717, 1.165) is 38.2 Å². The number of aromatic nitrogens is 2. The minimum Gasteiger partial charge on any atom is -0.379 e. The number of aliphatic imine (C=N–C) groups is 1. The molecule has 0 aliphatic heterocycles. The maximum absolute atomic E-state index is 5.72. The highest BCUT2D eigenvalue weighted by molar-refractivity contribution is 5.79. The van der Waals surface area contributed by atoms with Crippen LogP contribution in [0, 0.1) is 5.92 Å². The van der Waals surface area contributed by atoms with Gasteiger partial charge in [0.1, 0.15) is 0 Å². The Balaban J connectivity index is 1.79. The first-order chi connectivity index (χ1) is 11.5. The summed E-state index contributed by atoms with van der Waals surface area (Å²) in [5.74, 6) is 1.70. The Hall–Kier alpha value is -1.60. The molecule has 1 aliphatic rings. The lowest BCUT2D eigenvalue weighted by Crippen LogP contribution is -2.43. The molecule has 1 N–H and O–H groups in total. The predicted octanol–water partition coefficient (Wildman–Crippen LogP) is 0.957. The zero-order valence-electron chi connectivity index (χ0n) is 15.7. The molecule has 1 aromatic heterocycles. The molecule has 1 aliphatic carbocycles. The zero-order chi connectivity index (χ0) is 17.5. The van der Waals surface area contributed by atoms with Crippen LogP contribution >= 0.6 is 0 Å². The van der Waals surface area contributed by atoms with Crippen LogP contribution < -0.4 is 5.32 Å². The molecular formula is C17H32N6O. The Bertz CT molecular complexity index is 523. The van der Waals surface area contributed by atoms with E-state index >= 15 is 0 Å². The van der Waals surface area contributed by atoms with Crippen molar-refractivity contribution in [3.05, 3.63) is 18.0 Å². The SMILES string of the molecule is CN=C(NCC(c1cnn(C)c1)N(C)C)N(C)CCOCC1CC1. The average Bonchev–Trinajstić information content (AvgIpc) is 3.28. The van der Waals surface area contributed by atoms with Crippen LogP contribution in [0.2, 0.25) is 0 Å². The van der Waals surface area contributed by atoms with Crippen molar-refractivity contribution in [1.29, 1.82) is 0 Å². The number of guanidine groups is 1. The fourth-order valence-electron chi connectivity index (χ4n) is 2.63. The normalized spacial score (nSPS) is 16.5. The minimum absolute atomic E-state index is 0.245. The summed E-state index contributed by atoms with van der Waals surface area (Å²) >= 11 is 0. The maximum atomic E-state index is 5.72. The van der Waals surface area contributed by atoms with Gasteiger partial charge < -0.3 is 19.9 Å². The molecule has 1 heterocycles. The molecule has 0 saturated heterocycles. The van der Waals surface area contributed by atoms with Crippen LogP contribution in [-0.2, 0) is 11.8 Å². The van der Waals surface area contributed by atoms with Gasteiger partial charge in [-0.2, -0.15) is 5.10 Å². The number of hydrogen-bond acceptors (Lipinski definition) is 4. The summed E-state index contributed by atoms with van der Waals surface area (Å²) in [6.45, 7) is 3.27. The van der Waals surface area contributed by atoms with Crippen LogP contribution in [0.1, 0.15) is 24.4 Å². The van der Waals surface area contributed by atoms with Crippen LogP contribution in [0.4, 0.5) is 0 Å². The molecule has 136 valence electrons. The van der Waals surface area contributed by atoms with E-state index in [0.29, 0.717) is 0 Å². The summed E-state index contributed by atoms with van der Waals surface area (Å²) in [5.41, 5.74) is 1.20. The van der Waals surface area contributed by atoms with Crippen molar-refractivity contribution in [3.63, 3.8) is 0 Å². The summed E-state index contributed by atoms with van der Waals surface area (Å²) in [5, 5.41) is 7.74. The van der Waals surface area contributed by atoms with Gasteiger partial charge in [-0.05, 0) is 32.9 Å². The molecule has 1 saturated carbocycles. The first kappa shape index (κ1) is 18.7. The lowest BCUT2D eigenvalue weighted by Gasteiger charge is -2.27. The third-order valence-corrected chi connectivity index (χ3v) is 4.38. The van der Waals surface area contributed by atoms with Crippen LogP contribution in [-0.4, -0.2) is 80.0 Å². The van der Waals surface area contributed by atoms with Crippen LogP contribution in [0.25, 0.3) is 0 Å². The number of ether oxygens (including phenoxy) is 1. The maximum Gasteiger partial charge on any atom is 0.193 e. The Morgan fingerprint density at radius 3 is 2.75 bits per heavy atom. The molecule has 1 aromatic rings. The van der Waals surface area contributed by atoms with Crippen LogP contribution in [0.5, 0.6) is 0 Å². The number of aryl methyl sites for hydroxylation is 1. The van der Waals surface area contributed by atoms with E-state index in [1.807, 2.05) is 32.0 Å². The third kappa shape index (κ3) is 5.79. The molecule has 24 heavy (non-hydrogen) atoms. The monoisotopic (exact) mass is 336 g/mol. The summed E-state index contributed by atoms with van der Waals surface area (Å²) in [7, 11) is 9.97. The fourth-order valence-corrected chi connectivity index (χ4v) is 2.63. The highest BCUT2D eigenvalue weighted by Gasteiger charge is 2.21. The van der Waals surface area contributed by atoms with Gasteiger partial charge in [0.2, 0.25) is 0 Å². The second-order valence-electron chi connectivity index (χ2n) is 6.79. The van der Waals surface area contributed by atoms with Crippen molar-refractivity contribution in [2.24, 2.45) is 18.0 Å². The minimum atomic E-state index is 0.245. The third-order valence-electron chi connectivity index (χ3n) is 4.38. The van der Waals surface area contributed by atoms with Gasteiger partial charge in [0.25, 0.3) is 0 Å². The molecule has 7 heteroatoms. The number of rotatable bonds is 9. The first-order valence-electron chi connectivity index (χ1n) is 8.65. The van der Waals surface area contributed by atoms with Crippen molar-refractivity contribution in [1.82, 2.24) is 24.9 Å². The Kier molecular flexibility index (Phi) is 7.05. The molecule has 1 atom stereocenters. The van der Waals surface area contributed by atoms with Gasteiger partial charge in [-0.3, -0.25) is 9.67 Å². The second-order valence-corrected chi connectivity index (χ2v) is 6.79. The lowest BCUT2D eigenvalue weighted by atomic mass is 10.1. The largest absolute Gasteiger partial charge is 0.379 e. The fraction of sp³-hybridized carbons (Fsp3) is 0.765.